The number of nitrogens with zero attached hydrogens (tertiary/aromatic N) is 1. The van der Waals surface area contributed by atoms with Crippen LogP contribution in [-0.4, -0.2) is 82.3 Å². The minimum Gasteiger partial charge on any atom is -0.545 e. The number of quaternary nitrogens is 1. The molecule has 0 aromatic heterocycles. The number of rotatable bonds is 47. The lowest BCUT2D eigenvalue weighted by molar-refractivity contribution is -0.870. The summed E-state index contributed by atoms with van der Waals surface area (Å²) in [5.74, 6) is -2.30. The molecule has 0 rings (SSSR count). The highest BCUT2D eigenvalue weighted by Gasteiger charge is 2.22. The molecule has 0 saturated heterocycles. The molecule has 2 unspecified atom stereocenters. The number of carbonyl (C=O) groups excluding carboxylic acids is 3. The summed E-state index contributed by atoms with van der Waals surface area (Å²) in [5, 5.41) is 11.7. The molecule has 0 aliphatic heterocycles. The van der Waals surface area contributed by atoms with Gasteiger partial charge in [-0.1, -0.05) is 190 Å². The van der Waals surface area contributed by atoms with E-state index in [4.69, 9.17) is 18.9 Å². The van der Waals surface area contributed by atoms with Crippen molar-refractivity contribution in [3.05, 3.63) is 60.8 Å². The maximum Gasteiger partial charge on any atom is 0.306 e. The van der Waals surface area contributed by atoms with E-state index in [0.29, 0.717) is 17.4 Å². The van der Waals surface area contributed by atoms with Crippen LogP contribution in [0.5, 0.6) is 0 Å². The zero-order chi connectivity index (χ0) is 47.0. The Balaban J connectivity index is 4.14. The highest BCUT2D eigenvalue weighted by Crippen LogP contribution is 2.16. The van der Waals surface area contributed by atoms with Gasteiger partial charge in [-0.05, 0) is 70.6 Å². The molecule has 64 heavy (non-hydrogen) atoms. The fourth-order valence-electron chi connectivity index (χ4n) is 7.00. The molecule has 9 nitrogen and oxygen atoms in total. The molecule has 0 bridgehead atoms. The van der Waals surface area contributed by atoms with Crippen molar-refractivity contribution in [2.45, 2.75) is 225 Å². The van der Waals surface area contributed by atoms with Gasteiger partial charge in [-0.15, -0.1) is 0 Å². The van der Waals surface area contributed by atoms with Gasteiger partial charge in [0.25, 0.3) is 0 Å². The van der Waals surface area contributed by atoms with Crippen molar-refractivity contribution in [1.29, 1.82) is 0 Å². The predicted octanol–water partition coefficient (Wildman–Crippen LogP) is 13.2. The van der Waals surface area contributed by atoms with Crippen molar-refractivity contribution in [1.82, 2.24) is 0 Å². The van der Waals surface area contributed by atoms with Gasteiger partial charge in [-0.3, -0.25) is 9.59 Å². The topological polar surface area (TPSA) is 111 Å². The molecule has 0 aliphatic rings. The van der Waals surface area contributed by atoms with Gasteiger partial charge in [-0.25, -0.2) is 0 Å². The van der Waals surface area contributed by atoms with E-state index in [-0.39, 0.29) is 38.6 Å². The normalized spacial score (nSPS) is 13.3. The molecule has 0 N–H and O–H groups in total. The summed E-state index contributed by atoms with van der Waals surface area (Å²) in [6, 6.07) is 0. The smallest absolute Gasteiger partial charge is 0.306 e. The first kappa shape index (κ1) is 61.0. The fourth-order valence-corrected chi connectivity index (χ4v) is 7.00. The lowest BCUT2D eigenvalue weighted by Gasteiger charge is -2.26. The summed E-state index contributed by atoms with van der Waals surface area (Å²) in [4.78, 5) is 37.0. The number of esters is 2. The van der Waals surface area contributed by atoms with E-state index in [1.807, 2.05) is 21.1 Å². The van der Waals surface area contributed by atoms with Crippen LogP contribution in [0, 0.1) is 0 Å². The van der Waals surface area contributed by atoms with E-state index in [1.165, 1.54) is 96.3 Å². The van der Waals surface area contributed by atoms with Gasteiger partial charge in [0.15, 0.2) is 12.4 Å². The van der Waals surface area contributed by atoms with Gasteiger partial charge in [0.05, 0.1) is 40.3 Å². The van der Waals surface area contributed by atoms with E-state index in [9.17, 15) is 19.5 Å². The highest BCUT2D eigenvalue weighted by atomic mass is 16.7. The second kappa shape index (κ2) is 46.5. The highest BCUT2D eigenvalue weighted by molar-refractivity contribution is 5.70. The molecule has 0 amide bonds. The standard InChI is InChI=1S/C55H97NO8/c1-6-8-10-12-14-16-18-19-20-21-22-23-24-25-26-27-28-29-30-31-32-33-34-35-36-38-40-42-44-46-53(58)64-51(50-63-55(54(59)60)61-48-47-56(3,4)5)49-62-52(57)45-43-41-39-37-17-15-13-11-9-7-2/h8,10-11,13-14,16,19-20,22-23,51,55H,6-7,9,12,15,17-18,21,24-50H2,1-5H3/b10-8-,13-11-,16-14-,20-19-,23-22-. The van der Waals surface area contributed by atoms with Crippen LogP contribution in [0.15, 0.2) is 60.8 Å². The van der Waals surface area contributed by atoms with Crippen molar-refractivity contribution in [2.24, 2.45) is 0 Å². The molecule has 0 heterocycles. The molecule has 0 radical (unpaired) electrons. The van der Waals surface area contributed by atoms with Crippen LogP contribution in [0.4, 0.5) is 0 Å². The van der Waals surface area contributed by atoms with E-state index >= 15 is 0 Å². The Morgan fingerprint density at radius 2 is 0.891 bits per heavy atom. The number of aliphatic carboxylic acids is 1. The summed E-state index contributed by atoms with van der Waals surface area (Å²) in [5.41, 5.74) is 0. The number of carbonyl (C=O) groups is 3. The van der Waals surface area contributed by atoms with Gasteiger partial charge in [0, 0.05) is 12.8 Å². The molecular formula is C55H97NO8. The predicted molar refractivity (Wildman–Crippen MR) is 265 cm³/mol. The molecule has 9 heteroatoms. The summed E-state index contributed by atoms with van der Waals surface area (Å²) < 4.78 is 22.6. The molecule has 2 atom stereocenters. The Labute approximate surface area is 393 Å². The Bertz CT molecular complexity index is 1230. The van der Waals surface area contributed by atoms with Crippen LogP contribution >= 0.6 is 0 Å². The Kier molecular flexibility index (Phi) is 44.3. The van der Waals surface area contributed by atoms with Gasteiger partial charge in [0.2, 0.25) is 0 Å². The number of allylic oxidation sites excluding steroid dienone is 10. The van der Waals surface area contributed by atoms with E-state index in [1.54, 1.807) is 0 Å². The number of likely N-dealkylation sites (N-methyl/N-ethyl adjacent to an activating group) is 1. The van der Waals surface area contributed by atoms with Gasteiger partial charge in [-0.2, -0.15) is 0 Å². The third-order valence-electron chi connectivity index (χ3n) is 11.0. The number of hydrogen-bond donors (Lipinski definition) is 0. The zero-order valence-electron chi connectivity index (χ0n) is 41.9. The van der Waals surface area contributed by atoms with Crippen molar-refractivity contribution in [3.63, 3.8) is 0 Å². The number of hydrogen-bond acceptors (Lipinski definition) is 8. The average molecular weight is 900 g/mol. The van der Waals surface area contributed by atoms with Crippen LogP contribution in [0.3, 0.4) is 0 Å². The first-order valence-corrected chi connectivity index (χ1v) is 25.9. The molecule has 0 aliphatic carbocycles. The van der Waals surface area contributed by atoms with E-state index in [2.05, 4.69) is 74.6 Å². The van der Waals surface area contributed by atoms with Gasteiger partial charge < -0.3 is 33.3 Å². The zero-order valence-corrected chi connectivity index (χ0v) is 41.9. The lowest BCUT2D eigenvalue weighted by atomic mass is 10.0. The third kappa shape index (κ3) is 47.0. The fraction of sp³-hybridized carbons (Fsp3) is 0.764. The van der Waals surface area contributed by atoms with Crippen molar-refractivity contribution in [2.75, 3.05) is 47.5 Å². The molecule has 0 aromatic rings. The number of carboxylic acid groups (broad SMARTS) is 1. The monoisotopic (exact) mass is 900 g/mol. The first-order valence-electron chi connectivity index (χ1n) is 25.9. The van der Waals surface area contributed by atoms with Crippen LogP contribution in [0.25, 0.3) is 0 Å². The summed E-state index contributed by atoms with van der Waals surface area (Å²) in [6.45, 7) is 4.56. The minimum atomic E-state index is -1.62. The SMILES string of the molecule is CC/C=C\C/C=C\C/C=C\C/C=C\CCCCCCCCCCCCCCCCCCC(=O)OC(COC(=O)CCCCCCC/C=C\CCC)COC(OCC[N+](C)(C)C)C(=O)[O-]. The molecule has 0 saturated carbocycles. The Morgan fingerprint density at radius 3 is 1.34 bits per heavy atom. The largest absolute Gasteiger partial charge is 0.545 e. The Morgan fingerprint density at radius 1 is 0.484 bits per heavy atom. The van der Waals surface area contributed by atoms with Gasteiger partial charge in [0.1, 0.15) is 13.2 Å². The molecule has 0 aromatic carbocycles. The number of unbranched alkanes of at least 4 members (excludes halogenated alkanes) is 22. The second-order valence-electron chi connectivity index (χ2n) is 18.4. The summed E-state index contributed by atoms with van der Waals surface area (Å²) in [6.07, 6.45) is 54.2. The van der Waals surface area contributed by atoms with E-state index < -0.39 is 24.3 Å². The Hall–Kier alpha value is -3.01. The molecule has 0 fully saturated rings. The summed E-state index contributed by atoms with van der Waals surface area (Å²) >= 11 is 0. The van der Waals surface area contributed by atoms with Crippen LogP contribution in [0.1, 0.15) is 213 Å². The van der Waals surface area contributed by atoms with Gasteiger partial charge >= 0.3 is 11.9 Å². The summed E-state index contributed by atoms with van der Waals surface area (Å²) in [7, 11) is 5.91. The number of carboxylic acids is 1. The maximum atomic E-state index is 12.8. The molecule has 370 valence electrons. The van der Waals surface area contributed by atoms with Crippen LogP contribution in [-0.2, 0) is 33.3 Å². The van der Waals surface area contributed by atoms with Crippen molar-refractivity contribution >= 4 is 17.9 Å². The lowest BCUT2D eigenvalue weighted by Crippen LogP contribution is -2.44. The first-order chi connectivity index (χ1) is 31.1. The van der Waals surface area contributed by atoms with Crippen molar-refractivity contribution < 1.29 is 42.9 Å². The van der Waals surface area contributed by atoms with E-state index in [0.717, 1.165) is 83.5 Å². The third-order valence-corrected chi connectivity index (χ3v) is 11.0. The maximum absolute atomic E-state index is 12.8. The van der Waals surface area contributed by atoms with Crippen molar-refractivity contribution in [3.8, 4) is 0 Å². The quantitative estimate of drug-likeness (QED) is 0.0195. The number of ether oxygens (including phenoxy) is 4. The van der Waals surface area contributed by atoms with Crippen LogP contribution < -0.4 is 5.11 Å². The molecule has 0 spiro atoms. The minimum absolute atomic E-state index is 0.146. The van der Waals surface area contributed by atoms with Crippen LogP contribution in [0.2, 0.25) is 0 Å². The second-order valence-corrected chi connectivity index (χ2v) is 18.4. The molecular weight excluding hydrogens is 803 g/mol. The average Bonchev–Trinajstić information content (AvgIpc) is 3.26.